The van der Waals surface area contributed by atoms with E-state index in [-0.39, 0.29) is 0 Å². The molecule has 1 saturated carbocycles. The molecule has 2 heterocycles. The van der Waals surface area contributed by atoms with E-state index in [1.54, 1.807) is 0 Å². The molecular weight excluding hydrogens is 334 g/mol. The molecule has 1 aliphatic carbocycles. The molecule has 0 aromatic carbocycles. The Hall–Kier alpha value is -1.99. The Labute approximate surface area is 154 Å². The molecule has 7 nitrogen and oxygen atoms in total. The molecule has 2 N–H and O–H groups in total. The van der Waals surface area contributed by atoms with Crippen molar-refractivity contribution in [3.8, 4) is 0 Å². The number of aliphatic carboxylic acids is 2. The molecule has 0 bridgehead atoms. The van der Waals surface area contributed by atoms with E-state index in [1.807, 2.05) is 18.5 Å². The van der Waals surface area contributed by atoms with Crippen molar-refractivity contribution in [1.82, 2.24) is 14.8 Å². The molecule has 0 spiro atoms. The van der Waals surface area contributed by atoms with Gasteiger partial charge < -0.3 is 10.2 Å². The van der Waals surface area contributed by atoms with Gasteiger partial charge in [-0.2, -0.15) is 0 Å². The van der Waals surface area contributed by atoms with Crippen LogP contribution in [-0.4, -0.2) is 69.2 Å². The zero-order chi connectivity index (χ0) is 18.8. The number of carbonyl (C=O) groups is 2. The lowest BCUT2D eigenvalue weighted by molar-refractivity contribution is -0.159. The minimum absolute atomic E-state index is 0.873. The largest absolute Gasteiger partial charge is 0.473 e. The molecule has 2 fully saturated rings. The third-order valence-corrected chi connectivity index (χ3v) is 5.06. The maximum Gasteiger partial charge on any atom is 0.414 e. The lowest BCUT2D eigenvalue weighted by Gasteiger charge is -2.39. The Morgan fingerprint density at radius 1 is 1.00 bits per heavy atom. The summed E-state index contributed by atoms with van der Waals surface area (Å²) in [5.74, 6) is -3.65. The summed E-state index contributed by atoms with van der Waals surface area (Å²) >= 11 is 0. The van der Waals surface area contributed by atoms with Gasteiger partial charge in [-0.25, -0.2) is 9.59 Å². The van der Waals surface area contributed by atoms with E-state index < -0.39 is 11.9 Å². The van der Waals surface area contributed by atoms with Crippen LogP contribution < -0.4 is 0 Å². The van der Waals surface area contributed by atoms with Crippen LogP contribution in [0, 0.1) is 0 Å². The molecule has 7 heteroatoms. The van der Waals surface area contributed by atoms with Gasteiger partial charge >= 0.3 is 11.9 Å². The summed E-state index contributed by atoms with van der Waals surface area (Å²) in [6, 6.07) is 5.10. The highest BCUT2D eigenvalue weighted by Gasteiger charge is 2.24. The molecule has 2 aliphatic rings. The molecule has 1 aromatic rings. The fourth-order valence-corrected chi connectivity index (χ4v) is 3.66. The van der Waals surface area contributed by atoms with Gasteiger partial charge in [0.2, 0.25) is 0 Å². The van der Waals surface area contributed by atoms with E-state index in [2.05, 4.69) is 20.9 Å². The van der Waals surface area contributed by atoms with Crippen LogP contribution in [0.1, 0.15) is 44.1 Å². The van der Waals surface area contributed by atoms with Crippen LogP contribution in [0.25, 0.3) is 0 Å². The second-order valence-electron chi connectivity index (χ2n) is 6.93. The molecule has 0 radical (unpaired) electrons. The van der Waals surface area contributed by atoms with Crippen LogP contribution in [0.4, 0.5) is 0 Å². The molecule has 3 rings (SSSR count). The number of hydrogen-bond donors (Lipinski definition) is 2. The molecule has 26 heavy (non-hydrogen) atoms. The summed E-state index contributed by atoms with van der Waals surface area (Å²) in [7, 11) is 0. The minimum Gasteiger partial charge on any atom is -0.473 e. The van der Waals surface area contributed by atoms with E-state index in [4.69, 9.17) is 19.8 Å². The molecule has 1 aliphatic heterocycles. The van der Waals surface area contributed by atoms with Gasteiger partial charge in [-0.3, -0.25) is 14.8 Å². The third kappa shape index (κ3) is 7.09. The summed E-state index contributed by atoms with van der Waals surface area (Å²) < 4.78 is 0. The van der Waals surface area contributed by atoms with Crippen LogP contribution in [-0.2, 0) is 16.1 Å². The zero-order valence-corrected chi connectivity index (χ0v) is 15.2. The van der Waals surface area contributed by atoms with Gasteiger partial charge in [0.1, 0.15) is 0 Å². The SMILES string of the molecule is O=C(O)C(=O)O.c1cncc(CN2CCN(C3CCCCCC3)CC2)c1. The van der Waals surface area contributed by atoms with Crippen molar-refractivity contribution in [2.24, 2.45) is 0 Å². The minimum atomic E-state index is -1.82. The van der Waals surface area contributed by atoms with Crippen molar-refractivity contribution >= 4 is 11.9 Å². The van der Waals surface area contributed by atoms with Crippen LogP contribution in [0.5, 0.6) is 0 Å². The first kappa shape index (κ1) is 20.3. The standard InChI is InChI=1S/C17H27N3.C2H2O4/c1-2-4-8-17(7-3-1)20-12-10-19(11-13-20)15-16-6-5-9-18-14-16;3-1(4)2(5)6/h5-6,9,14,17H,1-4,7-8,10-13,15H2;(H,3,4)(H,5,6). The third-order valence-electron chi connectivity index (χ3n) is 5.06. The summed E-state index contributed by atoms with van der Waals surface area (Å²) in [6.45, 7) is 6.00. The summed E-state index contributed by atoms with van der Waals surface area (Å²) in [5.41, 5.74) is 1.34. The number of aromatic nitrogens is 1. The molecule has 1 aromatic heterocycles. The number of carboxylic acid groups (broad SMARTS) is 2. The highest BCUT2D eigenvalue weighted by molar-refractivity contribution is 6.27. The molecule has 0 amide bonds. The van der Waals surface area contributed by atoms with E-state index in [0.29, 0.717) is 0 Å². The number of hydrogen-bond acceptors (Lipinski definition) is 5. The van der Waals surface area contributed by atoms with E-state index in [1.165, 1.54) is 70.3 Å². The lowest BCUT2D eigenvalue weighted by Crippen LogP contribution is -2.49. The highest BCUT2D eigenvalue weighted by atomic mass is 16.4. The van der Waals surface area contributed by atoms with E-state index in [9.17, 15) is 0 Å². The Bertz CT molecular complexity index is 539. The first-order valence-electron chi connectivity index (χ1n) is 9.38. The number of piperazine rings is 1. The average Bonchev–Trinajstić information content (AvgIpc) is 2.93. The van der Waals surface area contributed by atoms with Crippen LogP contribution in [0.15, 0.2) is 24.5 Å². The van der Waals surface area contributed by atoms with Crippen molar-refractivity contribution in [3.05, 3.63) is 30.1 Å². The fraction of sp³-hybridized carbons (Fsp3) is 0.632. The van der Waals surface area contributed by atoms with Crippen molar-refractivity contribution in [2.75, 3.05) is 26.2 Å². The quantitative estimate of drug-likeness (QED) is 0.627. The number of carboxylic acids is 2. The van der Waals surface area contributed by atoms with Gasteiger partial charge in [-0.1, -0.05) is 31.7 Å². The number of pyridine rings is 1. The van der Waals surface area contributed by atoms with Crippen LogP contribution >= 0.6 is 0 Å². The van der Waals surface area contributed by atoms with Crippen molar-refractivity contribution < 1.29 is 19.8 Å². The first-order chi connectivity index (χ1) is 12.6. The van der Waals surface area contributed by atoms with Crippen molar-refractivity contribution in [3.63, 3.8) is 0 Å². The second-order valence-corrected chi connectivity index (χ2v) is 6.93. The predicted octanol–water partition coefficient (Wildman–Crippen LogP) is 2.08. The van der Waals surface area contributed by atoms with Crippen LogP contribution in [0.2, 0.25) is 0 Å². The molecule has 144 valence electrons. The fourth-order valence-electron chi connectivity index (χ4n) is 3.66. The predicted molar refractivity (Wildman–Crippen MR) is 97.8 cm³/mol. The summed E-state index contributed by atoms with van der Waals surface area (Å²) in [4.78, 5) is 27.7. The summed E-state index contributed by atoms with van der Waals surface area (Å²) in [6.07, 6.45) is 12.5. The van der Waals surface area contributed by atoms with E-state index in [0.717, 1.165) is 12.6 Å². The van der Waals surface area contributed by atoms with Gasteiger partial charge in [0, 0.05) is 51.2 Å². The average molecular weight is 363 g/mol. The van der Waals surface area contributed by atoms with Gasteiger partial charge in [0.25, 0.3) is 0 Å². The molecular formula is C19H29N3O4. The zero-order valence-electron chi connectivity index (χ0n) is 15.2. The van der Waals surface area contributed by atoms with Gasteiger partial charge in [0.15, 0.2) is 0 Å². The highest BCUT2D eigenvalue weighted by Crippen LogP contribution is 2.23. The molecule has 0 atom stereocenters. The first-order valence-corrected chi connectivity index (χ1v) is 9.38. The Morgan fingerprint density at radius 3 is 2.12 bits per heavy atom. The van der Waals surface area contributed by atoms with Crippen molar-refractivity contribution in [2.45, 2.75) is 51.1 Å². The Balaban J connectivity index is 0.000000352. The second kappa shape index (κ2) is 10.9. The normalized spacial score (nSPS) is 19.8. The maximum atomic E-state index is 9.10. The van der Waals surface area contributed by atoms with Crippen molar-refractivity contribution in [1.29, 1.82) is 0 Å². The summed E-state index contributed by atoms with van der Waals surface area (Å²) in [5, 5.41) is 14.8. The smallest absolute Gasteiger partial charge is 0.414 e. The van der Waals surface area contributed by atoms with Gasteiger partial charge in [0.05, 0.1) is 0 Å². The Kier molecular flexibility index (Phi) is 8.50. The van der Waals surface area contributed by atoms with Crippen LogP contribution in [0.3, 0.4) is 0 Å². The lowest BCUT2D eigenvalue weighted by atomic mass is 10.1. The molecule has 1 saturated heterocycles. The maximum absolute atomic E-state index is 9.10. The topological polar surface area (TPSA) is 94.0 Å². The number of rotatable bonds is 3. The van der Waals surface area contributed by atoms with E-state index >= 15 is 0 Å². The van der Waals surface area contributed by atoms with Gasteiger partial charge in [-0.05, 0) is 24.5 Å². The van der Waals surface area contributed by atoms with Gasteiger partial charge in [-0.15, -0.1) is 0 Å². The monoisotopic (exact) mass is 363 g/mol. The molecule has 0 unspecified atom stereocenters. The Morgan fingerprint density at radius 2 is 1.62 bits per heavy atom. The number of nitrogens with zero attached hydrogens (tertiary/aromatic N) is 3.